The largest absolute Gasteiger partial charge is 0.379 e. The minimum absolute atomic E-state index is 0.276. The molecule has 2 fully saturated rings. The molecule has 5 heterocycles. The first-order valence-corrected chi connectivity index (χ1v) is 11.4. The molecular formula is C21H21FN4OS2. The van der Waals surface area contributed by atoms with Crippen molar-refractivity contribution in [2.24, 2.45) is 0 Å². The third-order valence-electron chi connectivity index (χ3n) is 5.49. The predicted octanol–water partition coefficient (Wildman–Crippen LogP) is 5.32. The van der Waals surface area contributed by atoms with Crippen LogP contribution < -0.4 is 10.6 Å². The summed E-state index contributed by atoms with van der Waals surface area (Å²) in [6.45, 7) is 3.11. The van der Waals surface area contributed by atoms with E-state index >= 15 is 0 Å². The predicted molar refractivity (Wildman–Crippen MR) is 118 cm³/mol. The fraction of sp³-hybridized carbons (Fsp3) is 0.333. The van der Waals surface area contributed by atoms with Crippen LogP contribution in [0, 0.1) is 5.82 Å². The summed E-state index contributed by atoms with van der Waals surface area (Å²) in [5, 5.41) is 9.62. The van der Waals surface area contributed by atoms with E-state index < -0.39 is 0 Å². The van der Waals surface area contributed by atoms with E-state index in [4.69, 9.17) is 4.74 Å². The molecule has 3 aromatic heterocycles. The van der Waals surface area contributed by atoms with Crippen LogP contribution in [0.4, 0.5) is 15.8 Å². The molecule has 150 valence electrons. The quantitative estimate of drug-likeness (QED) is 0.453. The van der Waals surface area contributed by atoms with Gasteiger partial charge in [0.25, 0.3) is 0 Å². The van der Waals surface area contributed by atoms with Crippen molar-refractivity contribution in [2.45, 2.75) is 24.8 Å². The Bertz CT molecular complexity index is 1110. The molecule has 0 radical (unpaired) electrons. The zero-order chi connectivity index (χ0) is 19.7. The molecule has 1 spiro atoms. The minimum Gasteiger partial charge on any atom is -0.379 e. The van der Waals surface area contributed by atoms with Crippen molar-refractivity contribution < 1.29 is 9.13 Å². The maximum atomic E-state index is 14.1. The van der Waals surface area contributed by atoms with Gasteiger partial charge in [-0.15, -0.1) is 22.7 Å². The number of benzene rings is 1. The van der Waals surface area contributed by atoms with Crippen molar-refractivity contribution in [2.75, 3.05) is 25.1 Å². The van der Waals surface area contributed by atoms with Gasteiger partial charge in [0.1, 0.15) is 10.6 Å². The van der Waals surface area contributed by atoms with Gasteiger partial charge in [0.05, 0.1) is 33.7 Å². The van der Waals surface area contributed by atoms with Gasteiger partial charge >= 0.3 is 0 Å². The maximum Gasteiger partial charge on any atom is 0.148 e. The highest BCUT2D eigenvalue weighted by Crippen LogP contribution is 2.31. The number of hydrogen-bond donors (Lipinski definition) is 2. The van der Waals surface area contributed by atoms with Gasteiger partial charge in [-0.05, 0) is 55.5 Å². The number of halogens is 1. The first-order chi connectivity index (χ1) is 14.2. The lowest BCUT2D eigenvalue weighted by atomic mass is 9.97. The van der Waals surface area contributed by atoms with Crippen LogP contribution in [0.25, 0.3) is 20.4 Å². The molecule has 29 heavy (non-hydrogen) atoms. The third-order valence-corrected chi connectivity index (χ3v) is 7.11. The van der Waals surface area contributed by atoms with E-state index in [-0.39, 0.29) is 5.82 Å². The first-order valence-electron chi connectivity index (χ1n) is 9.67. The van der Waals surface area contributed by atoms with Gasteiger partial charge in [0, 0.05) is 23.7 Å². The molecule has 0 amide bonds. The van der Waals surface area contributed by atoms with E-state index in [0.717, 1.165) is 39.3 Å². The Kier molecular flexibility index (Phi) is 5.17. The second-order valence-corrected chi connectivity index (χ2v) is 9.17. The highest BCUT2D eigenvalue weighted by atomic mass is 32.1. The van der Waals surface area contributed by atoms with Gasteiger partial charge in [-0.25, -0.2) is 14.4 Å². The second-order valence-electron chi connectivity index (χ2n) is 7.39. The molecule has 0 unspecified atom stereocenters. The van der Waals surface area contributed by atoms with Crippen LogP contribution in [0.1, 0.15) is 19.3 Å². The van der Waals surface area contributed by atoms with Crippen molar-refractivity contribution in [3.63, 3.8) is 0 Å². The zero-order valence-electron chi connectivity index (χ0n) is 15.8. The van der Waals surface area contributed by atoms with E-state index in [1.54, 1.807) is 29.1 Å². The summed E-state index contributed by atoms with van der Waals surface area (Å²) in [7, 11) is 0. The fourth-order valence-corrected chi connectivity index (χ4v) is 5.36. The number of rotatable bonds is 2. The topological polar surface area (TPSA) is 59.1 Å². The molecule has 2 aliphatic heterocycles. The number of ether oxygens (including phenoxy) is 1. The third kappa shape index (κ3) is 3.85. The van der Waals surface area contributed by atoms with Gasteiger partial charge in [-0.2, -0.15) is 0 Å². The molecule has 1 aromatic carbocycles. The summed E-state index contributed by atoms with van der Waals surface area (Å²) < 4.78 is 20.3. The number of pyridine rings is 1. The van der Waals surface area contributed by atoms with Gasteiger partial charge in [-0.3, -0.25) is 0 Å². The van der Waals surface area contributed by atoms with Crippen molar-refractivity contribution >= 4 is 54.5 Å². The average Bonchev–Trinajstić information content (AvgIpc) is 3.52. The number of nitrogens with zero attached hydrogens (tertiary/aromatic N) is 2. The van der Waals surface area contributed by atoms with E-state index in [9.17, 15) is 4.39 Å². The van der Waals surface area contributed by atoms with Gasteiger partial charge in [0.2, 0.25) is 0 Å². The lowest BCUT2D eigenvalue weighted by Crippen LogP contribution is -2.39. The SMILES string of the molecule is C1CN[C@]2(C1)CCOC2.Fc1cc2scnc2cc1Nc1ccnc2sccc12. The summed E-state index contributed by atoms with van der Waals surface area (Å²) >= 11 is 3.00. The number of fused-ring (bicyclic) bond motifs is 2. The number of aromatic nitrogens is 2. The minimum atomic E-state index is -0.276. The molecule has 2 aliphatic rings. The Hall–Kier alpha value is -2.13. The summed E-state index contributed by atoms with van der Waals surface area (Å²) in [6, 6.07) is 7.08. The number of thiazole rings is 1. The zero-order valence-corrected chi connectivity index (χ0v) is 17.4. The number of anilines is 2. The van der Waals surface area contributed by atoms with Crippen LogP contribution in [0.2, 0.25) is 0 Å². The molecule has 2 N–H and O–H groups in total. The average molecular weight is 429 g/mol. The molecule has 0 saturated carbocycles. The Morgan fingerprint density at radius 3 is 2.93 bits per heavy atom. The second kappa shape index (κ2) is 7.95. The smallest absolute Gasteiger partial charge is 0.148 e. The monoisotopic (exact) mass is 428 g/mol. The van der Waals surface area contributed by atoms with Crippen molar-refractivity contribution in [1.82, 2.24) is 15.3 Å². The Morgan fingerprint density at radius 2 is 2.10 bits per heavy atom. The van der Waals surface area contributed by atoms with Gasteiger partial charge in [0.15, 0.2) is 0 Å². The summed E-state index contributed by atoms with van der Waals surface area (Å²) in [5.74, 6) is -0.276. The van der Waals surface area contributed by atoms with Crippen LogP contribution in [0.5, 0.6) is 0 Å². The van der Waals surface area contributed by atoms with Gasteiger partial charge < -0.3 is 15.4 Å². The molecule has 2 saturated heterocycles. The first kappa shape index (κ1) is 18.9. The normalized spacial score (nSPS) is 21.0. The van der Waals surface area contributed by atoms with E-state index in [1.807, 2.05) is 17.5 Å². The number of hydrogen-bond acceptors (Lipinski definition) is 7. The van der Waals surface area contributed by atoms with E-state index in [1.165, 1.54) is 43.2 Å². The Labute approximate surface area is 175 Å². The summed E-state index contributed by atoms with van der Waals surface area (Å²) in [4.78, 5) is 9.43. The lowest BCUT2D eigenvalue weighted by Gasteiger charge is -2.19. The summed E-state index contributed by atoms with van der Waals surface area (Å²) in [5.41, 5.74) is 4.22. The molecule has 6 rings (SSSR count). The van der Waals surface area contributed by atoms with Crippen LogP contribution in [0.15, 0.2) is 41.4 Å². The highest BCUT2D eigenvalue weighted by molar-refractivity contribution is 7.17. The number of thiophene rings is 1. The molecule has 8 heteroatoms. The molecule has 5 nitrogen and oxygen atoms in total. The standard InChI is InChI=1S/C14H8FN3S2.C7H13NO/c15-9-5-13-12(17-7-20-13)6-11(9)18-10-1-3-16-14-8(10)2-4-19-14;1-2-7(8-4-1)3-5-9-6-7/h1-7H,(H,16,18);8H,1-6H2/t;7-/m.1/s1. The molecule has 4 aromatic rings. The van der Waals surface area contributed by atoms with Crippen LogP contribution in [-0.4, -0.2) is 35.3 Å². The summed E-state index contributed by atoms with van der Waals surface area (Å²) in [6.07, 6.45) is 5.61. The maximum absolute atomic E-state index is 14.1. The van der Waals surface area contributed by atoms with Crippen LogP contribution in [0.3, 0.4) is 0 Å². The molecule has 0 bridgehead atoms. The molecule has 1 atom stereocenters. The molecular weight excluding hydrogens is 407 g/mol. The van der Waals surface area contributed by atoms with Crippen molar-refractivity contribution in [3.05, 3.63) is 47.2 Å². The van der Waals surface area contributed by atoms with E-state index in [2.05, 4.69) is 20.6 Å². The fourth-order valence-electron chi connectivity index (χ4n) is 3.92. The lowest BCUT2D eigenvalue weighted by molar-refractivity contribution is 0.173. The van der Waals surface area contributed by atoms with E-state index in [0.29, 0.717) is 11.2 Å². The molecule has 0 aliphatic carbocycles. The van der Waals surface area contributed by atoms with Crippen molar-refractivity contribution in [3.8, 4) is 0 Å². The van der Waals surface area contributed by atoms with Gasteiger partial charge in [-0.1, -0.05) is 0 Å². The highest BCUT2D eigenvalue weighted by Gasteiger charge is 2.36. The van der Waals surface area contributed by atoms with Crippen molar-refractivity contribution in [1.29, 1.82) is 0 Å². The van der Waals surface area contributed by atoms with Crippen LogP contribution in [-0.2, 0) is 4.74 Å². The van der Waals surface area contributed by atoms with Crippen LogP contribution >= 0.6 is 22.7 Å². The Morgan fingerprint density at radius 1 is 1.14 bits per heavy atom. The number of nitrogens with one attached hydrogen (secondary N) is 2. The Balaban J connectivity index is 0.000000168.